The average Bonchev–Trinajstić information content (AvgIpc) is 2.48. The van der Waals surface area contributed by atoms with Crippen molar-refractivity contribution >= 4 is 0 Å². The zero-order chi connectivity index (χ0) is 13.1. The smallest absolute Gasteiger partial charge is 0.123 e. The topological polar surface area (TPSA) is 21.3 Å². The molecule has 0 saturated carbocycles. The Balaban J connectivity index is 1.78. The lowest BCUT2D eigenvalue weighted by Gasteiger charge is -2.31. The van der Waals surface area contributed by atoms with Crippen LogP contribution in [-0.2, 0) is 4.74 Å². The second-order valence-electron chi connectivity index (χ2n) is 4.74. The number of hydrogen-bond acceptors (Lipinski definition) is 2. The molecule has 1 heterocycles. The Labute approximate surface area is 112 Å². The van der Waals surface area contributed by atoms with E-state index in [9.17, 15) is 4.39 Å². The molecule has 0 radical (unpaired) electrons. The quantitative estimate of drug-likeness (QED) is 0.892. The minimum atomic E-state index is -0.220. The summed E-state index contributed by atoms with van der Waals surface area (Å²) >= 11 is 0. The molecule has 3 rings (SSSR count). The van der Waals surface area contributed by atoms with Crippen LogP contribution in [0.15, 0.2) is 54.6 Å². The van der Waals surface area contributed by atoms with Crippen molar-refractivity contribution in [2.75, 3.05) is 13.1 Å². The van der Waals surface area contributed by atoms with Crippen molar-refractivity contribution in [1.29, 1.82) is 0 Å². The lowest BCUT2D eigenvalue weighted by atomic mass is 10.0. The molecule has 0 spiro atoms. The maximum absolute atomic E-state index is 13.3. The van der Waals surface area contributed by atoms with Gasteiger partial charge in [0.1, 0.15) is 5.82 Å². The molecule has 19 heavy (non-hydrogen) atoms. The van der Waals surface area contributed by atoms with Gasteiger partial charge in [0.25, 0.3) is 0 Å². The van der Waals surface area contributed by atoms with Crippen LogP contribution in [0.3, 0.4) is 0 Å². The summed E-state index contributed by atoms with van der Waals surface area (Å²) in [6.07, 6.45) is -0.0853. The molecule has 2 aromatic rings. The largest absolute Gasteiger partial charge is 0.363 e. The predicted molar refractivity (Wildman–Crippen MR) is 72.3 cm³/mol. The van der Waals surface area contributed by atoms with E-state index in [1.807, 2.05) is 24.3 Å². The van der Waals surface area contributed by atoms with Crippen LogP contribution >= 0.6 is 0 Å². The molecule has 1 aliphatic rings. The van der Waals surface area contributed by atoms with Crippen molar-refractivity contribution in [3.63, 3.8) is 0 Å². The fraction of sp³-hybridized carbons (Fsp3) is 0.250. The molecule has 2 nitrogen and oxygen atoms in total. The maximum Gasteiger partial charge on any atom is 0.123 e. The SMILES string of the molecule is Fc1cccc(C2CNCC(c3ccccc3)O2)c1. The third-order valence-electron chi connectivity index (χ3n) is 3.38. The highest BCUT2D eigenvalue weighted by Gasteiger charge is 2.24. The third-order valence-corrected chi connectivity index (χ3v) is 3.38. The van der Waals surface area contributed by atoms with Crippen molar-refractivity contribution in [3.8, 4) is 0 Å². The normalized spacial score (nSPS) is 23.2. The van der Waals surface area contributed by atoms with Gasteiger partial charge in [-0.15, -0.1) is 0 Å². The molecule has 2 unspecified atom stereocenters. The van der Waals surface area contributed by atoms with Crippen LogP contribution in [0.2, 0.25) is 0 Å². The maximum atomic E-state index is 13.3. The first kappa shape index (κ1) is 12.3. The highest BCUT2D eigenvalue weighted by Crippen LogP contribution is 2.29. The van der Waals surface area contributed by atoms with Crippen LogP contribution in [0, 0.1) is 5.82 Å². The summed E-state index contributed by atoms with van der Waals surface area (Å²) in [5, 5.41) is 3.35. The standard InChI is InChI=1S/C16H16FNO/c17-14-8-4-7-13(9-14)16-11-18-10-15(19-16)12-5-2-1-3-6-12/h1-9,15-16,18H,10-11H2. The molecule has 0 bridgehead atoms. The van der Waals surface area contributed by atoms with Gasteiger partial charge in [0, 0.05) is 13.1 Å². The number of halogens is 1. The third kappa shape index (κ3) is 2.83. The summed E-state index contributed by atoms with van der Waals surface area (Å²) in [5.74, 6) is -0.220. The van der Waals surface area contributed by atoms with Crippen LogP contribution in [0.4, 0.5) is 4.39 Å². The summed E-state index contributed by atoms with van der Waals surface area (Å²) in [6.45, 7) is 1.50. The van der Waals surface area contributed by atoms with Gasteiger partial charge in [-0.3, -0.25) is 0 Å². The van der Waals surface area contributed by atoms with Crippen molar-refractivity contribution in [2.24, 2.45) is 0 Å². The molecule has 1 saturated heterocycles. The molecule has 1 aliphatic heterocycles. The number of hydrogen-bond donors (Lipinski definition) is 1. The first-order valence-electron chi connectivity index (χ1n) is 6.49. The summed E-state index contributed by atoms with van der Waals surface area (Å²) in [6, 6.07) is 16.7. The number of morpholine rings is 1. The Hall–Kier alpha value is -1.71. The zero-order valence-electron chi connectivity index (χ0n) is 10.6. The van der Waals surface area contributed by atoms with E-state index in [-0.39, 0.29) is 18.0 Å². The molecule has 0 aliphatic carbocycles. The Morgan fingerprint density at radius 2 is 1.58 bits per heavy atom. The Morgan fingerprint density at radius 3 is 2.32 bits per heavy atom. The Kier molecular flexibility index (Phi) is 3.58. The van der Waals surface area contributed by atoms with Gasteiger partial charge in [-0.05, 0) is 23.3 Å². The van der Waals surface area contributed by atoms with E-state index in [2.05, 4.69) is 17.4 Å². The van der Waals surface area contributed by atoms with Crippen molar-refractivity contribution < 1.29 is 9.13 Å². The van der Waals surface area contributed by atoms with E-state index in [1.54, 1.807) is 12.1 Å². The molecule has 0 aromatic heterocycles. The number of rotatable bonds is 2. The van der Waals surface area contributed by atoms with Crippen LogP contribution in [0.5, 0.6) is 0 Å². The van der Waals surface area contributed by atoms with Crippen LogP contribution in [0.25, 0.3) is 0 Å². The van der Waals surface area contributed by atoms with E-state index in [0.717, 1.165) is 17.7 Å². The van der Waals surface area contributed by atoms with Gasteiger partial charge < -0.3 is 10.1 Å². The van der Waals surface area contributed by atoms with Crippen molar-refractivity contribution in [1.82, 2.24) is 5.32 Å². The van der Waals surface area contributed by atoms with E-state index < -0.39 is 0 Å². The second kappa shape index (κ2) is 5.51. The van der Waals surface area contributed by atoms with Crippen molar-refractivity contribution in [2.45, 2.75) is 12.2 Å². The lowest BCUT2D eigenvalue weighted by molar-refractivity contribution is -0.0407. The summed E-state index contributed by atoms with van der Waals surface area (Å²) in [4.78, 5) is 0. The number of benzene rings is 2. The van der Waals surface area contributed by atoms with Crippen LogP contribution < -0.4 is 5.32 Å². The van der Waals surface area contributed by atoms with Crippen molar-refractivity contribution in [3.05, 3.63) is 71.5 Å². The molecular formula is C16H16FNO. The molecule has 0 amide bonds. The Bertz CT molecular complexity index is 543. The molecule has 1 fully saturated rings. The molecule has 3 heteroatoms. The summed E-state index contributed by atoms with van der Waals surface area (Å²) in [5.41, 5.74) is 2.03. The zero-order valence-corrected chi connectivity index (χ0v) is 10.6. The fourth-order valence-electron chi connectivity index (χ4n) is 2.41. The Morgan fingerprint density at radius 1 is 0.895 bits per heavy atom. The summed E-state index contributed by atoms with van der Waals surface area (Å²) in [7, 11) is 0. The van der Waals surface area contributed by atoms with Gasteiger partial charge in [-0.2, -0.15) is 0 Å². The lowest BCUT2D eigenvalue weighted by Crippen LogP contribution is -2.35. The highest BCUT2D eigenvalue weighted by atomic mass is 19.1. The molecule has 98 valence electrons. The fourth-order valence-corrected chi connectivity index (χ4v) is 2.41. The average molecular weight is 257 g/mol. The van der Waals surface area contributed by atoms with E-state index >= 15 is 0 Å². The van der Waals surface area contributed by atoms with E-state index in [1.165, 1.54) is 6.07 Å². The highest BCUT2D eigenvalue weighted by molar-refractivity contribution is 5.22. The van der Waals surface area contributed by atoms with Gasteiger partial charge >= 0.3 is 0 Å². The molecule has 2 aromatic carbocycles. The molecule has 1 N–H and O–H groups in total. The first-order chi connectivity index (χ1) is 9.33. The summed E-state index contributed by atoms with van der Waals surface area (Å²) < 4.78 is 19.4. The monoisotopic (exact) mass is 257 g/mol. The van der Waals surface area contributed by atoms with Crippen LogP contribution in [0.1, 0.15) is 23.3 Å². The van der Waals surface area contributed by atoms with Gasteiger partial charge in [0.15, 0.2) is 0 Å². The molecule has 2 atom stereocenters. The van der Waals surface area contributed by atoms with Gasteiger partial charge in [-0.1, -0.05) is 42.5 Å². The minimum absolute atomic E-state index is 0.0169. The minimum Gasteiger partial charge on any atom is -0.363 e. The van der Waals surface area contributed by atoms with Gasteiger partial charge in [0.05, 0.1) is 12.2 Å². The molecular weight excluding hydrogens is 241 g/mol. The van der Waals surface area contributed by atoms with Crippen LogP contribution in [-0.4, -0.2) is 13.1 Å². The second-order valence-corrected chi connectivity index (χ2v) is 4.74. The van der Waals surface area contributed by atoms with Gasteiger partial charge in [0.2, 0.25) is 0 Å². The van der Waals surface area contributed by atoms with E-state index in [4.69, 9.17) is 4.74 Å². The number of ether oxygens (including phenoxy) is 1. The first-order valence-corrected chi connectivity index (χ1v) is 6.49. The van der Waals surface area contributed by atoms with Gasteiger partial charge in [-0.25, -0.2) is 4.39 Å². The van der Waals surface area contributed by atoms with E-state index in [0.29, 0.717) is 6.54 Å². The number of nitrogens with one attached hydrogen (secondary N) is 1. The predicted octanol–water partition coefficient (Wildman–Crippen LogP) is 3.23.